The van der Waals surface area contributed by atoms with Crippen molar-refractivity contribution in [2.75, 3.05) is 5.32 Å². The Bertz CT molecular complexity index is 1380. The van der Waals surface area contributed by atoms with Crippen LogP contribution in [0.5, 0.6) is 0 Å². The van der Waals surface area contributed by atoms with Gasteiger partial charge in [-0.15, -0.1) is 23.2 Å². The summed E-state index contributed by atoms with van der Waals surface area (Å²) in [6.45, 7) is 0. The first-order chi connectivity index (χ1) is 17.0. The van der Waals surface area contributed by atoms with Crippen LogP contribution in [0.25, 0.3) is 0 Å². The lowest BCUT2D eigenvalue weighted by Crippen LogP contribution is -2.20. The van der Waals surface area contributed by atoms with Gasteiger partial charge in [0, 0.05) is 27.2 Å². The van der Waals surface area contributed by atoms with Crippen LogP contribution in [0.2, 0.25) is 15.1 Å². The third-order valence-corrected chi connectivity index (χ3v) is 7.09. The minimum absolute atomic E-state index is 0.0247. The molecule has 1 aliphatic rings. The molecule has 0 aromatic heterocycles. The zero-order chi connectivity index (χ0) is 26.2. The van der Waals surface area contributed by atoms with Gasteiger partial charge in [-0.05, 0) is 60.2 Å². The molecule has 36 heavy (non-hydrogen) atoms. The van der Waals surface area contributed by atoms with E-state index in [1.807, 2.05) is 0 Å². The summed E-state index contributed by atoms with van der Waals surface area (Å²) in [7, 11) is 0. The molecule has 5 nitrogen and oxygen atoms in total. The van der Waals surface area contributed by atoms with Crippen LogP contribution in [-0.4, -0.2) is 22.4 Å². The smallest absolute Gasteiger partial charge is 0.272 e. The predicted octanol–water partition coefficient (Wildman–Crippen LogP) is 7.21. The van der Waals surface area contributed by atoms with Crippen LogP contribution in [0.1, 0.15) is 27.4 Å². The molecule has 0 unspecified atom stereocenters. The molecule has 1 saturated carbocycles. The number of hydrazone groups is 1. The zero-order valence-corrected chi connectivity index (χ0v) is 21.6. The Kier molecular flexibility index (Phi) is 7.78. The molecule has 4 rings (SSSR count). The molecule has 0 saturated heterocycles. The van der Waals surface area contributed by atoms with Gasteiger partial charge in [-0.25, -0.2) is 14.2 Å². The maximum atomic E-state index is 13.7. The molecule has 3 aromatic carbocycles. The number of benzene rings is 3. The van der Waals surface area contributed by atoms with E-state index in [0.29, 0.717) is 15.6 Å². The highest BCUT2D eigenvalue weighted by Gasteiger charge is 2.67. The fraction of sp³-hybridized carbons (Fsp3) is 0.125. The molecular weight excluding hydrogens is 578 g/mol. The highest BCUT2D eigenvalue weighted by Crippen LogP contribution is 2.65. The maximum Gasteiger partial charge on any atom is 0.272 e. The van der Waals surface area contributed by atoms with Gasteiger partial charge in [-0.1, -0.05) is 34.8 Å². The van der Waals surface area contributed by atoms with Gasteiger partial charge in [-0.2, -0.15) is 5.10 Å². The van der Waals surface area contributed by atoms with Crippen molar-refractivity contribution in [1.82, 2.24) is 5.43 Å². The highest BCUT2D eigenvalue weighted by atomic mass is 35.5. The molecule has 1 aliphatic carbocycles. The summed E-state index contributed by atoms with van der Waals surface area (Å²) in [4.78, 5) is 25.5. The summed E-state index contributed by atoms with van der Waals surface area (Å²) >= 11 is 31.0. The third-order valence-electron chi connectivity index (χ3n) is 5.39. The number of halogens is 7. The number of carbonyl (C=O) groups excluding carboxylic acids is 2. The average molecular weight is 592 g/mol. The number of hydrogen-bond donors (Lipinski definition) is 2. The third kappa shape index (κ3) is 5.76. The summed E-state index contributed by atoms with van der Waals surface area (Å²) in [5, 5.41) is 7.12. The van der Waals surface area contributed by atoms with Gasteiger partial charge >= 0.3 is 0 Å². The van der Waals surface area contributed by atoms with E-state index in [1.54, 1.807) is 18.2 Å². The van der Waals surface area contributed by atoms with Crippen LogP contribution in [0, 0.1) is 17.6 Å². The lowest BCUT2D eigenvalue weighted by atomic mass is 10.1. The standard InChI is InChI=1S/C24H14Cl5F2N3O2/c25-13-5-11(6-14(26)8-13)20-21(24(20,28)29)23(36)33-16-2-3-18(27)17(9-16)22(35)34-32-10-12-7-15(30)1-4-19(12)31/h1-10,20-21H,(H,33,36)(H,34,35)/t20-,21+/m0/s1. The summed E-state index contributed by atoms with van der Waals surface area (Å²) in [6, 6.07) is 11.8. The summed E-state index contributed by atoms with van der Waals surface area (Å²) in [5.74, 6) is -3.98. The van der Waals surface area contributed by atoms with Gasteiger partial charge in [-0.3, -0.25) is 9.59 Å². The molecule has 186 valence electrons. The van der Waals surface area contributed by atoms with E-state index in [2.05, 4.69) is 15.8 Å². The Morgan fingerprint density at radius 2 is 1.64 bits per heavy atom. The van der Waals surface area contributed by atoms with E-state index in [0.717, 1.165) is 24.4 Å². The van der Waals surface area contributed by atoms with E-state index in [-0.39, 0.29) is 21.8 Å². The molecule has 12 heteroatoms. The molecule has 0 bridgehead atoms. The quantitative estimate of drug-likeness (QED) is 0.181. The number of hydrogen-bond acceptors (Lipinski definition) is 3. The number of nitrogens with zero attached hydrogens (tertiary/aromatic N) is 1. The molecule has 0 spiro atoms. The molecule has 2 amide bonds. The molecule has 0 heterocycles. The van der Waals surface area contributed by atoms with Crippen LogP contribution in [0.15, 0.2) is 59.7 Å². The van der Waals surface area contributed by atoms with E-state index >= 15 is 0 Å². The second kappa shape index (κ2) is 10.5. The fourth-order valence-electron chi connectivity index (χ4n) is 3.65. The highest BCUT2D eigenvalue weighted by molar-refractivity contribution is 6.53. The SMILES string of the molecule is O=C(NN=Cc1cc(F)ccc1F)c1cc(NC(=O)[C@H]2[C@H](c3cc(Cl)cc(Cl)c3)C2(Cl)Cl)ccc1Cl. The number of nitrogens with one attached hydrogen (secondary N) is 2. The monoisotopic (exact) mass is 589 g/mol. The van der Waals surface area contributed by atoms with Gasteiger partial charge in [0.2, 0.25) is 5.91 Å². The molecule has 0 aliphatic heterocycles. The Morgan fingerprint density at radius 1 is 0.944 bits per heavy atom. The van der Waals surface area contributed by atoms with Crippen molar-refractivity contribution in [2.24, 2.45) is 11.0 Å². The first kappa shape index (κ1) is 26.6. The first-order valence-electron chi connectivity index (χ1n) is 10.2. The van der Waals surface area contributed by atoms with Gasteiger partial charge in [0.15, 0.2) is 0 Å². The fourth-order valence-corrected chi connectivity index (χ4v) is 5.23. The van der Waals surface area contributed by atoms with Crippen LogP contribution in [0.3, 0.4) is 0 Å². The molecule has 0 radical (unpaired) electrons. The average Bonchev–Trinajstić information content (AvgIpc) is 3.38. The van der Waals surface area contributed by atoms with Crippen LogP contribution in [0.4, 0.5) is 14.5 Å². The van der Waals surface area contributed by atoms with E-state index in [9.17, 15) is 18.4 Å². The number of carbonyl (C=O) groups is 2. The van der Waals surface area contributed by atoms with Gasteiger partial charge in [0.1, 0.15) is 16.0 Å². The Hall–Kier alpha value is -2.42. The minimum atomic E-state index is -1.38. The molecule has 1 fully saturated rings. The van der Waals surface area contributed by atoms with Crippen LogP contribution >= 0.6 is 58.0 Å². The van der Waals surface area contributed by atoms with Crippen LogP contribution in [-0.2, 0) is 4.79 Å². The number of rotatable bonds is 6. The van der Waals surface area contributed by atoms with Crippen molar-refractivity contribution < 1.29 is 18.4 Å². The lowest BCUT2D eigenvalue weighted by Gasteiger charge is -2.09. The Balaban J connectivity index is 1.46. The van der Waals surface area contributed by atoms with Crippen molar-refractivity contribution in [2.45, 2.75) is 10.3 Å². The Labute approximate surface area is 229 Å². The van der Waals surface area contributed by atoms with Gasteiger partial charge in [0.05, 0.1) is 22.7 Å². The van der Waals surface area contributed by atoms with Crippen molar-refractivity contribution in [3.05, 3.63) is 98.0 Å². The lowest BCUT2D eigenvalue weighted by molar-refractivity contribution is -0.117. The minimum Gasteiger partial charge on any atom is -0.326 e. The van der Waals surface area contributed by atoms with Crippen molar-refractivity contribution in [1.29, 1.82) is 0 Å². The Morgan fingerprint density at radius 3 is 2.33 bits per heavy atom. The van der Waals surface area contributed by atoms with Crippen molar-refractivity contribution in [3.63, 3.8) is 0 Å². The molecule has 2 atom stereocenters. The summed E-state index contributed by atoms with van der Waals surface area (Å²) < 4.78 is 25.6. The van der Waals surface area contributed by atoms with Gasteiger partial charge < -0.3 is 5.32 Å². The topological polar surface area (TPSA) is 70.6 Å². The first-order valence-corrected chi connectivity index (χ1v) is 12.1. The zero-order valence-electron chi connectivity index (χ0n) is 17.8. The van der Waals surface area contributed by atoms with Crippen molar-refractivity contribution >= 4 is 81.7 Å². The summed E-state index contributed by atoms with van der Waals surface area (Å²) in [6.07, 6.45) is 0.950. The second-order valence-corrected chi connectivity index (χ2v) is 10.6. The maximum absolute atomic E-state index is 13.7. The predicted molar refractivity (Wildman–Crippen MR) is 139 cm³/mol. The number of alkyl halides is 2. The number of amides is 2. The second-order valence-electron chi connectivity index (χ2n) is 7.88. The molecular formula is C24H14Cl5F2N3O2. The molecule has 3 aromatic rings. The summed E-state index contributed by atoms with van der Waals surface area (Å²) in [5.41, 5.74) is 2.85. The normalized spacial score (nSPS) is 18.2. The number of anilines is 1. The van der Waals surface area contributed by atoms with Crippen LogP contribution < -0.4 is 10.7 Å². The van der Waals surface area contributed by atoms with E-state index in [4.69, 9.17) is 58.0 Å². The van der Waals surface area contributed by atoms with E-state index < -0.39 is 39.6 Å². The van der Waals surface area contributed by atoms with Gasteiger partial charge in [0.25, 0.3) is 5.91 Å². The van der Waals surface area contributed by atoms with E-state index in [1.165, 1.54) is 18.2 Å². The molecule has 2 N–H and O–H groups in total. The van der Waals surface area contributed by atoms with Crippen molar-refractivity contribution in [3.8, 4) is 0 Å². The largest absolute Gasteiger partial charge is 0.326 e.